The second kappa shape index (κ2) is 5.84. The van der Waals surface area contributed by atoms with Gasteiger partial charge in [0.15, 0.2) is 0 Å². The summed E-state index contributed by atoms with van der Waals surface area (Å²) < 4.78 is 0.170. The molecule has 0 bridgehead atoms. The van der Waals surface area contributed by atoms with E-state index in [-0.39, 0.29) is 17.3 Å². The van der Waals surface area contributed by atoms with Gasteiger partial charge in [0.2, 0.25) is 0 Å². The van der Waals surface area contributed by atoms with E-state index in [2.05, 4.69) is 48.0 Å². The topological polar surface area (TPSA) is 0 Å². The van der Waals surface area contributed by atoms with Crippen LogP contribution < -0.4 is 0 Å². The van der Waals surface area contributed by atoms with E-state index in [4.69, 9.17) is 34.8 Å². The Bertz CT molecular complexity index is 662. The van der Waals surface area contributed by atoms with Gasteiger partial charge in [-0.1, -0.05) is 55.3 Å². The zero-order chi connectivity index (χ0) is 16.1. The lowest BCUT2D eigenvalue weighted by atomic mass is 9.76. The predicted octanol–water partition coefficient (Wildman–Crippen LogP) is 7.29. The van der Waals surface area contributed by atoms with Crippen molar-refractivity contribution in [3.8, 4) is 0 Å². The van der Waals surface area contributed by atoms with E-state index in [0.717, 1.165) is 22.9 Å². The fourth-order valence-corrected chi connectivity index (χ4v) is 5.19. The first-order valence-corrected chi connectivity index (χ1v) is 9.43. The van der Waals surface area contributed by atoms with E-state index in [0.29, 0.717) is 5.02 Å². The molecule has 2 aliphatic rings. The van der Waals surface area contributed by atoms with Crippen molar-refractivity contribution >= 4 is 50.7 Å². The highest BCUT2D eigenvalue weighted by atomic mass is 79.9. The standard InChI is InChI=1S/C18H18BrCl3/c1-3-11-6-8-17(2,9-7-11)16-15(18(16,21)22)12-4-5-14(20)13(19)10-12/h4-8,10,15-16H,3,9H2,1-2H3. The van der Waals surface area contributed by atoms with Crippen molar-refractivity contribution in [3.63, 3.8) is 0 Å². The third kappa shape index (κ3) is 2.79. The maximum absolute atomic E-state index is 6.66. The van der Waals surface area contributed by atoms with Gasteiger partial charge in [0.1, 0.15) is 4.33 Å². The number of alkyl halides is 2. The van der Waals surface area contributed by atoms with Crippen LogP contribution in [0.4, 0.5) is 0 Å². The number of halogens is 4. The Kier molecular flexibility index (Phi) is 4.49. The second-order valence-electron chi connectivity index (χ2n) is 6.48. The lowest BCUT2D eigenvalue weighted by molar-refractivity contribution is 0.355. The Labute approximate surface area is 155 Å². The fraction of sp³-hybridized carbons (Fsp3) is 0.444. The molecule has 0 aromatic heterocycles. The van der Waals surface area contributed by atoms with E-state index in [1.54, 1.807) is 0 Å². The zero-order valence-electron chi connectivity index (χ0n) is 12.5. The maximum Gasteiger partial charge on any atom is 0.129 e. The van der Waals surface area contributed by atoms with Gasteiger partial charge in [0, 0.05) is 16.3 Å². The smallest absolute Gasteiger partial charge is 0.101 e. The van der Waals surface area contributed by atoms with Crippen LogP contribution in [0.2, 0.25) is 5.02 Å². The number of benzene rings is 1. The largest absolute Gasteiger partial charge is 0.129 e. The Morgan fingerprint density at radius 1 is 1.32 bits per heavy atom. The molecule has 0 saturated heterocycles. The van der Waals surface area contributed by atoms with Gasteiger partial charge >= 0.3 is 0 Å². The van der Waals surface area contributed by atoms with E-state index >= 15 is 0 Å². The highest BCUT2D eigenvalue weighted by Gasteiger charge is 2.69. The number of hydrogen-bond acceptors (Lipinski definition) is 0. The molecule has 1 fully saturated rings. The monoisotopic (exact) mass is 418 g/mol. The third-order valence-electron chi connectivity index (χ3n) is 4.96. The summed E-state index contributed by atoms with van der Waals surface area (Å²) in [5, 5.41) is 0.704. The third-order valence-corrected chi connectivity index (χ3v) is 7.11. The lowest BCUT2D eigenvalue weighted by Crippen LogP contribution is -2.21. The molecule has 0 aliphatic heterocycles. The van der Waals surface area contributed by atoms with Crippen LogP contribution in [-0.4, -0.2) is 4.33 Å². The predicted molar refractivity (Wildman–Crippen MR) is 100 cm³/mol. The fourth-order valence-electron chi connectivity index (χ4n) is 3.55. The molecular weight excluding hydrogens is 402 g/mol. The van der Waals surface area contributed by atoms with E-state index in [9.17, 15) is 0 Å². The molecule has 3 atom stereocenters. The average molecular weight is 421 g/mol. The van der Waals surface area contributed by atoms with Crippen LogP contribution in [0, 0.1) is 11.3 Å². The van der Waals surface area contributed by atoms with Gasteiger partial charge in [0.25, 0.3) is 0 Å². The summed E-state index contributed by atoms with van der Waals surface area (Å²) in [4.78, 5) is 0. The van der Waals surface area contributed by atoms with Gasteiger partial charge < -0.3 is 0 Å². The normalized spacial score (nSPS) is 32.7. The minimum Gasteiger partial charge on any atom is -0.101 e. The summed E-state index contributed by atoms with van der Waals surface area (Å²) in [5.41, 5.74) is 2.53. The molecule has 1 aromatic carbocycles. The molecule has 3 rings (SSSR count). The summed E-state index contributed by atoms with van der Waals surface area (Å²) in [6.07, 6.45) is 8.89. The molecule has 1 saturated carbocycles. The van der Waals surface area contributed by atoms with Crippen molar-refractivity contribution in [2.75, 3.05) is 0 Å². The maximum atomic E-state index is 6.66. The highest BCUT2D eigenvalue weighted by molar-refractivity contribution is 9.10. The van der Waals surface area contributed by atoms with Gasteiger partial charge in [-0.3, -0.25) is 0 Å². The Hall–Kier alpha value is 0.0500. The molecule has 0 heterocycles. The summed E-state index contributed by atoms with van der Waals surface area (Å²) in [7, 11) is 0. The molecule has 1 aromatic rings. The molecule has 22 heavy (non-hydrogen) atoms. The summed E-state index contributed by atoms with van der Waals surface area (Å²) >= 11 is 22.9. The van der Waals surface area contributed by atoms with E-state index in [1.807, 2.05) is 18.2 Å². The zero-order valence-corrected chi connectivity index (χ0v) is 16.4. The van der Waals surface area contributed by atoms with Crippen molar-refractivity contribution in [2.45, 2.75) is 36.9 Å². The molecule has 2 aliphatic carbocycles. The Balaban J connectivity index is 1.88. The molecule has 0 spiro atoms. The Morgan fingerprint density at radius 3 is 2.59 bits per heavy atom. The van der Waals surface area contributed by atoms with Gasteiger partial charge in [-0.05, 0) is 51.9 Å². The quantitative estimate of drug-likeness (QED) is 0.450. The van der Waals surface area contributed by atoms with Gasteiger partial charge in [-0.25, -0.2) is 0 Å². The Morgan fingerprint density at radius 2 is 2.05 bits per heavy atom. The molecule has 0 N–H and O–H groups in total. The van der Waals surface area contributed by atoms with E-state index < -0.39 is 4.33 Å². The van der Waals surface area contributed by atoms with Crippen molar-refractivity contribution < 1.29 is 0 Å². The van der Waals surface area contributed by atoms with Crippen LogP contribution in [0.5, 0.6) is 0 Å². The highest BCUT2D eigenvalue weighted by Crippen LogP contribution is 2.72. The van der Waals surface area contributed by atoms with Crippen LogP contribution in [0.25, 0.3) is 0 Å². The summed E-state index contributed by atoms with van der Waals surface area (Å²) in [6.45, 7) is 4.43. The second-order valence-corrected chi connectivity index (χ2v) is 9.19. The molecule has 4 heteroatoms. The first-order chi connectivity index (χ1) is 10.3. The van der Waals surface area contributed by atoms with E-state index in [1.165, 1.54) is 5.57 Å². The van der Waals surface area contributed by atoms with Crippen LogP contribution in [0.15, 0.2) is 46.5 Å². The van der Waals surface area contributed by atoms with Gasteiger partial charge in [-0.2, -0.15) is 0 Å². The lowest BCUT2D eigenvalue weighted by Gasteiger charge is -2.29. The minimum absolute atomic E-state index is 0.00104. The van der Waals surface area contributed by atoms with Crippen molar-refractivity contribution in [1.82, 2.24) is 0 Å². The SMILES string of the molecule is CCC1=CCC(C)(C2C(c3ccc(Cl)c(Br)c3)C2(Cl)Cl)C=C1. The molecular formula is C18H18BrCl3. The van der Waals surface area contributed by atoms with Crippen molar-refractivity contribution in [1.29, 1.82) is 0 Å². The number of hydrogen-bond donors (Lipinski definition) is 0. The number of rotatable bonds is 3. The van der Waals surface area contributed by atoms with Crippen LogP contribution in [-0.2, 0) is 0 Å². The van der Waals surface area contributed by atoms with Crippen LogP contribution >= 0.6 is 50.7 Å². The molecule has 0 nitrogen and oxygen atoms in total. The molecule has 118 valence electrons. The first kappa shape index (κ1) is 16.9. The summed E-state index contributed by atoms with van der Waals surface area (Å²) in [6, 6.07) is 5.96. The van der Waals surface area contributed by atoms with Gasteiger partial charge in [-0.15, -0.1) is 23.2 Å². The van der Waals surface area contributed by atoms with Crippen LogP contribution in [0.3, 0.4) is 0 Å². The van der Waals surface area contributed by atoms with Crippen molar-refractivity contribution in [3.05, 3.63) is 57.1 Å². The average Bonchev–Trinajstić information content (AvgIpc) is 3.06. The minimum atomic E-state index is -0.718. The molecule has 0 radical (unpaired) electrons. The number of allylic oxidation sites excluding steroid dienone is 4. The van der Waals surface area contributed by atoms with Crippen molar-refractivity contribution in [2.24, 2.45) is 11.3 Å². The molecule has 0 amide bonds. The van der Waals surface area contributed by atoms with Crippen LogP contribution in [0.1, 0.15) is 38.2 Å². The van der Waals surface area contributed by atoms with Gasteiger partial charge in [0.05, 0.1) is 5.02 Å². The first-order valence-electron chi connectivity index (χ1n) is 7.50. The molecule has 3 unspecified atom stereocenters. The summed E-state index contributed by atoms with van der Waals surface area (Å²) in [5.74, 6) is 0.345.